The van der Waals surface area contributed by atoms with Gasteiger partial charge in [-0.3, -0.25) is 4.79 Å². The van der Waals surface area contributed by atoms with Gasteiger partial charge in [0, 0.05) is 18.1 Å². The number of benzene rings is 2. The van der Waals surface area contributed by atoms with Gasteiger partial charge in [0.05, 0.1) is 10.5 Å². The molecule has 0 spiro atoms. The number of hydrogen-bond donors (Lipinski definition) is 1. The van der Waals surface area contributed by atoms with E-state index in [2.05, 4.69) is 0 Å². The molecule has 24 heavy (non-hydrogen) atoms. The van der Waals surface area contributed by atoms with Gasteiger partial charge < -0.3 is 9.67 Å². The van der Waals surface area contributed by atoms with Crippen LogP contribution >= 0.6 is 11.6 Å². The highest BCUT2D eigenvalue weighted by molar-refractivity contribution is 6.31. The van der Waals surface area contributed by atoms with Crippen LogP contribution in [0.25, 0.3) is 10.9 Å². The monoisotopic (exact) mass is 345 g/mol. The molecule has 1 heterocycles. The molecule has 0 atom stereocenters. The highest BCUT2D eigenvalue weighted by Gasteiger charge is 2.16. The normalized spacial score (nSPS) is 10.9. The maximum Gasteiger partial charge on any atom is 0.341 e. The summed E-state index contributed by atoms with van der Waals surface area (Å²) in [6.45, 7) is 0.434. The van der Waals surface area contributed by atoms with E-state index >= 15 is 0 Å². The Bertz CT molecular complexity index is 983. The number of rotatable bonds is 4. The Morgan fingerprint density at radius 1 is 1.21 bits per heavy atom. The van der Waals surface area contributed by atoms with Crippen LogP contribution in [0, 0.1) is 5.82 Å². The molecule has 122 valence electrons. The zero-order valence-corrected chi connectivity index (χ0v) is 13.3. The molecule has 0 aliphatic rings. The number of halogens is 2. The molecule has 0 aliphatic heterocycles. The number of hydrogen-bond acceptors (Lipinski definition) is 2. The minimum atomic E-state index is -1.34. The van der Waals surface area contributed by atoms with Gasteiger partial charge in [-0.2, -0.15) is 0 Å². The average Bonchev–Trinajstić information content (AvgIpc) is 2.57. The Balaban J connectivity index is 2.14. The lowest BCUT2D eigenvalue weighted by molar-refractivity contribution is 0.0695. The van der Waals surface area contributed by atoms with Gasteiger partial charge in [-0.15, -0.1) is 0 Å². The first kappa shape index (κ1) is 16.2. The second kappa shape index (κ2) is 6.45. The molecule has 1 aromatic heterocycles. The van der Waals surface area contributed by atoms with Crippen LogP contribution in [0.2, 0.25) is 5.02 Å². The van der Waals surface area contributed by atoms with E-state index in [4.69, 9.17) is 11.6 Å². The quantitative estimate of drug-likeness (QED) is 0.783. The van der Waals surface area contributed by atoms with E-state index in [-0.39, 0.29) is 10.4 Å². The van der Waals surface area contributed by atoms with Crippen molar-refractivity contribution in [2.75, 3.05) is 0 Å². The summed E-state index contributed by atoms with van der Waals surface area (Å²) in [6.07, 6.45) is 1.91. The van der Waals surface area contributed by atoms with E-state index in [0.29, 0.717) is 18.5 Å². The van der Waals surface area contributed by atoms with Crippen LogP contribution in [0.4, 0.5) is 4.39 Å². The van der Waals surface area contributed by atoms with Crippen molar-refractivity contribution in [3.8, 4) is 0 Å². The minimum Gasteiger partial charge on any atom is -0.477 e. The first-order valence-corrected chi connectivity index (χ1v) is 7.64. The summed E-state index contributed by atoms with van der Waals surface area (Å²) >= 11 is 5.82. The molecule has 0 saturated carbocycles. The van der Waals surface area contributed by atoms with Gasteiger partial charge in [0.25, 0.3) is 0 Å². The third kappa shape index (κ3) is 3.03. The molecule has 2 aromatic carbocycles. The molecule has 3 rings (SSSR count). The summed E-state index contributed by atoms with van der Waals surface area (Å²) in [5.41, 5.74) is 0.364. The van der Waals surface area contributed by atoms with Gasteiger partial charge in [0.2, 0.25) is 5.43 Å². The molecule has 0 unspecified atom stereocenters. The maximum atomic E-state index is 13.7. The number of aromatic carboxylic acids is 1. The summed E-state index contributed by atoms with van der Waals surface area (Å²) in [7, 11) is 0. The molecule has 4 nitrogen and oxygen atoms in total. The second-order valence-corrected chi connectivity index (χ2v) is 5.80. The highest BCUT2D eigenvalue weighted by Crippen LogP contribution is 2.22. The topological polar surface area (TPSA) is 59.3 Å². The van der Waals surface area contributed by atoms with Crippen molar-refractivity contribution in [2.24, 2.45) is 0 Å². The predicted octanol–water partition coefficient (Wildman–Crippen LogP) is 3.73. The number of nitrogens with zero attached hydrogens (tertiary/aromatic N) is 1. The third-order valence-electron chi connectivity index (χ3n) is 3.84. The van der Waals surface area contributed by atoms with Crippen LogP contribution in [-0.2, 0) is 13.0 Å². The number of carboxylic acid groups (broad SMARTS) is 1. The zero-order valence-electron chi connectivity index (χ0n) is 12.5. The number of carboxylic acids is 1. The molecule has 0 aliphatic carbocycles. The Morgan fingerprint density at radius 3 is 2.58 bits per heavy atom. The average molecular weight is 346 g/mol. The fourth-order valence-electron chi connectivity index (χ4n) is 2.62. The minimum absolute atomic E-state index is 0.00450. The molecular formula is C18H13ClFNO3. The van der Waals surface area contributed by atoms with Crippen LogP contribution in [0.3, 0.4) is 0 Å². The lowest BCUT2D eigenvalue weighted by Gasteiger charge is -2.13. The summed E-state index contributed by atoms with van der Waals surface area (Å²) in [5.74, 6) is -2.09. The Kier molecular flexibility index (Phi) is 4.36. The van der Waals surface area contributed by atoms with Crippen LogP contribution < -0.4 is 5.43 Å². The summed E-state index contributed by atoms with van der Waals surface area (Å²) in [6, 6.07) is 12.0. The number of aromatic nitrogens is 1. The van der Waals surface area contributed by atoms with E-state index < -0.39 is 22.8 Å². The second-order valence-electron chi connectivity index (χ2n) is 5.39. The van der Waals surface area contributed by atoms with Crippen LogP contribution in [0.1, 0.15) is 15.9 Å². The van der Waals surface area contributed by atoms with Gasteiger partial charge in [-0.25, -0.2) is 9.18 Å². The molecule has 0 radical (unpaired) electrons. The van der Waals surface area contributed by atoms with Gasteiger partial charge in [0.15, 0.2) is 0 Å². The number of fused-ring (bicyclic) bond motifs is 1. The zero-order chi connectivity index (χ0) is 17.3. The molecule has 3 aromatic rings. The van der Waals surface area contributed by atoms with Crippen molar-refractivity contribution in [1.29, 1.82) is 0 Å². The van der Waals surface area contributed by atoms with Crippen molar-refractivity contribution >= 4 is 28.5 Å². The molecule has 1 N–H and O–H groups in total. The molecule has 0 saturated heterocycles. The van der Waals surface area contributed by atoms with E-state index in [9.17, 15) is 19.1 Å². The fourth-order valence-corrected chi connectivity index (χ4v) is 2.77. The number of carbonyl (C=O) groups is 1. The predicted molar refractivity (Wildman–Crippen MR) is 90.3 cm³/mol. The standard InChI is InChI=1S/C18H13ClFNO3/c19-14-9-16-12(8-15(14)20)17(22)13(18(23)24)10-21(16)7-6-11-4-2-1-3-5-11/h1-5,8-10H,6-7H2,(H,23,24). The van der Waals surface area contributed by atoms with Gasteiger partial charge in [-0.05, 0) is 24.1 Å². The fraction of sp³-hybridized carbons (Fsp3) is 0.111. The summed E-state index contributed by atoms with van der Waals surface area (Å²) in [4.78, 5) is 23.6. The van der Waals surface area contributed by atoms with Crippen molar-refractivity contribution in [3.63, 3.8) is 0 Å². The van der Waals surface area contributed by atoms with E-state index in [1.165, 1.54) is 12.3 Å². The van der Waals surface area contributed by atoms with E-state index in [1.54, 1.807) is 4.57 Å². The van der Waals surface area contributed by atoms with E-state index in [1.807, 2.05) is 30.3 Å². The smallest absolute Gasteiger partial charge is 0.341 e. The van der Waals surface area contributed by atoms with Crippen molar-refractivity contribution in [3.05, 3.63) is 80.9 Å². The van der Waals surface area contributed by atoms with Crippen molar-refractivity contribution in [2.45, 2.75) is 13.0 Å². The Morgan fingerprint density at radius 2 is 1.92 bits per heavy atom. The first-order chi connectivity index (χ1) is 11.5. The van der Waals surface area contributed by atoms with E-state index in [0.717, 1.165) is 11.6 Å². The molecular weight excluding hydrogens is 333 g/mol. The largest absolute Gasteiger partial charge is 0.477 e. The number of aryl methyl sites for hydroxylation is 2. The Hall–Kier alpha value is -2.66. The highest BCUT2D eigenvalue weighted by atomic mass is 35.5. The molecule has 0 amide bonds. The van der Waals surface area contributed by atoms with Gasteiger partial charge in [0.1, 0.15) is 11.4 Å². The molecule has 0 fully saturated rings. The van der Waals surface area contributed by atoms with Crippen molar-refractivity contribution < 1.29 is 14.3 Å². The Labute approximate surface area is 141 Å². The van der Waals surface area contributed by atoms with Gasteiger partial charge >= 0.3 is 5.97 Å². The van der Waals surface area contributed by atoms with Crippen LogP contribution in [0.15, 0.2) is 53.5 Å². The molecule has 6 heteroatoms. The van der Waals surface area contributed by atoms with Crippen LogP contribution in [0.5, 0.6) is 0 Å². The molecule has 0 bridgehead atoms. The summed E-state index contributed by atoms with van der Waals surface area (Å²) in [5, 5.41) is 9.12. The first-order valence-electron chi connectivity index (χ1n) is 7.27. The lowest BCUT2D eigenvalue weighted by atomic mass is 10.1. The third-order valence-corrected chi connectivity index (χ3v) is 4.13. The maximum absolute atomic E-state index is 13.7. The van der Waals surface area contributed by atoms with Gasteiger partial charge in [-0.1, -0.05) is 41.9 Å². The summed E-state index contributed by atoms with van der Waals surface area (Å²) < 4.78 is 15.3. The number of pyridine rings is 1. The lowest BCUT2D eigenvalue weighted by Crippen LogP contribution is -2.19. The van der Waals surface area contributed by atoms with Crippen LogP contribution in [-0.4, -0.2) is 15.6 Å². The SMILES string of the molecule is O=C(O)c1cn(CCc2ccccc2)c2cc(Cl)c(F)cc2c1=O. The van der Waals surface area contributed by atoms with Crippen molar-refractivity contribution in [1.82, 2.24) is 4.57 Å².